The average Bonchev–Trinajstić information content (AvgIpc) is 2.27. The maximum Gasteiger partial charge on any atom is 0.188 e. The molecule has 0 fully saturated rings. The van der Waals surface area contributed by atoms with Gasteiger partial charge in [0.1, 0.15) is 11.5 Å². The summed E-state index contributed by atoms with van der Waals surface area (Å²) in [6.45, 7) is 0.203. The van der Waals surface area contributed by atoms with E-state index in [2.05, 4.69) is 0 Å². The lowest BCUT2D eigenvalue weighted by Gasteiger charge is -2.08. The number of rotatable bonds is 3. The number of phenolic OH excluding ortho intramolecular Hbond substituents is 1. The van der Waals surface area contributed by atoms with Crippen LogP contribution in [0.2, 0.25) is 0 Å². The molecule has 15 heavy (non-hydrogen) atoms. The lowest BCUT2D eigenvalue weighted by Crippen LogP contribution is -1.99. The van der Waals surface area contributed by atoms with Crippen LogP contribution >= 0.6 is 0 Å². The van der Waals surface area contributed by atoms with E-state index in [1.54, 1.807) is 19.2 Å². The van der Waals surface area contributed by atoms with E-state index in [1.165, 1.54) is 0 Å². The zero-order valence-electron chi connectivity index (χ0n) is 8.43. The summed E-state index contributed by atoms with van der Waals surface area (Å²) in [6.07, 6.45) is 0. The van der Waals surface area contributed by atoms with Crippen molar-refractivity contribution in [2.75, 3.05) is 13.9 Å². The fourth-order valence-electron chi connectivity index (χ4n) is 1.51. The molecule has 0 aliphatic rings. The summed E-state index contributed by atoms with van der Waals surface area (Å²) in [7, 11) is 1.57. The van der Waals surface area contributed by atoms with E-state index in [0.717, 1.165) is 10.8 Å². The van der Waals surface area contributed by atoms with Gasteiger partial charge in [0.25, 0.3) is 0 Å². The van der Waals surface area contributed by atoms with Crippen molar-refractivity contribution in [3.8, 4) is 11.5 Å². The van der Waals surface area contributed by atoms with Crippen LogP contribution in [0.15, 0.2) is 36.4 Å². The number of ether oxygens (including phenoxy) is 2. The summed E-state index contributed by atoms with van der Waals surface area (Å²) in [5.41, 5.74) is 0. The molecule has 0 heterocycles. The molecule has 3 nitrogen and oxygen atoms in total. The molecule has 2 rings (SSSR count). The minimum absolute atomic E-state index is 0.203. The van der Waals surface area contributed by atoms with Crippen LogP contribution in [0.4, 0.5) is 0 Å². The maximum absolute atomic E-state index is 9.63. The Hall–Kier alpha value is -1.74. The van der Waals surface area contributed by atoms with Crippen molar-refractivity contribution in [2.45, 2.75) is 0 Å². The minimum atomic E-state index is 0.203. The first-order chi connectivity index (χ1) is 7.33. The van der Waals surface area contributed by atoms with Gasteiger partial charge in [0.15, 0.2) is 6.79 Å². The number of methoxy groups -OCH3 is 1. The third-order valence-corrected chi connectivity index (χ3v) is 2.19. The minimum Gasteiger partial charge on any atom is -0.507 e. The van der Waals surface area contributed by atoms with Crippen molar-refractivity contribution in [1.82, 2.24) is 0 Å². The zero-order valence-corrected chi connectivity index (χ0v) is 8.43. The summed E-state index contributed by atoms with van der Waals surface area (Å²) in [6, 6.07) is 10.9. The Morgan fingerprint density at radius 2 is 1.80 bits per heavy atom. The third-order valence-electron chi connectivity index (χ3n) is 2.19. The molecule has 0 saturated carbocycles. The molecule has 1 N–H and O–H groups in total. The van der Waals surface area contributed by atoms with Crippen molar-refractivity contribution in [2.24, 2.45) is 0 Å². The van der Waals surface area contributed by atoms with E-state index < -0.39 is 0 Å². The Balaban J connectivity index is 2.51. The molecule has 2 aromatic rings. The van der Waals surface area contributed by atoms with Gasteiger partial charge in [0, 0.05) is 17.9 Å². The molecular formula is C12H12O3. The molecule has 0 atom stereocenters. The molecule has 78 valence electrons. The lowest BCUT2D eigenvalue weighted by atomic mass is 10.1. The normalized spacial score (nSPS) is 10.5. The van der Waals surface area contributed by atoms with E-state index in [-0.39, 0.29) is 12.5 Å². The van der Waals surface area contributed by atoms with Crippen LogP contribution in [0.1, 0.15) is 0 Å². The van der Waals surface area contributed by atoms with Crippen LogP contribution < -0.4 is 4.74 Å². The van der Waals surface area contributed by atoms with Gasteiger partial charge in [-0.05, 0) is 12.1 Å². The van der Waals surface area contributed by atoms with Gasteiger partial charge in [-0.1, -0.05) is 24.3 Å². The first-order valence-electron chi connectivity index (χ1n) is 4.65. The Bertz CT molecular complexity index is 465. The topological polar surface area (TPSA) is 38.7 Å². The van der Waals surface area contributed by atoms with Crippen molar-refractivity contribution in [3.63, 3.8) is 0 Å². The fraction of sp³-hybridized carbons (Fsp3) is 0.167. The predicted octanol–water partition coefficient (Wildman–Crippen LogP) is 2.53. The van der Waals surface area contributed by atoms with Gasteiger partial charge in [0.2, 0.25) is 0 Å². The fourth-order valence-corrected chi connectivity index (χ4v) is 1.51. The largest absolute Gasteiger partial charge is 0.507 e. The molecule has 0 bridgehead atoms. The smallest absolute Gasteiger partial charge is 0.188 e. The second-order valence-corrected chi connectivity index (χ2v) is 3.18. The Morgan fingerprint density at radius 1 is 1.07 bits per heavy atom. The number of aromatic hydroxyl groups is 1. The summed E-state index contributed by atoms with van der Waals surface area (Å²) >= 11 is 0. The van der Waals surface area contributed by atoms with Crippen molar-refractivity contribution in [1.29, 1.82) is 0 Å². The average molecular weight is 204 g/mol. The van der Waals surface area contributed by atoms with Crippen LogP contribution in [0.5, 0.6) is 11.5 Å². The summed E-state index contributed by atoms with van der Waals surface area (Å²) in [4.78, 5) is 0. The van der Waals surface area contributed by atoms with Crippen molar-refractivity contribution in [3.05, 3.63) is 36.4 Å². The molecular weight excluding hydrogens is 192 g/mol. The summed E-state index contributed by atoms with van der Waals surface area (Å²) < 4.78 is 10.2. The first-order valence-corrected chi connectivity index (χ1v) is 4.65. The van der Waals surface area contributed by atoms with E-state index in [4.69, 9.17) is 9.47 Å². The second-order valence-electron chi connectivity index (χ2n) is 3.18. The van der Waals surface area contributed by atoms with Crippen LogP contribution in [0.25, 0.3) is 10.8 Å². The maximum atomic E-state index is 9.63. The molecule has 3 heteroatoms. The predicted molar refractivity (Wildman–Crippen MR) is 58.1 cm³/mol. The Kier molecular flexibility index (Phi) is 2.74. The number of hydrogen-bond acceptors (Lipinski definition) is 3. The summed E-state index contributed by atoms with van der Waals surface area (Å²) in [5.74, 6) is 0.973. The lowest BCUT2D eigenvalue weighted by molar-refractivity contribution is 0.0522. The highest BCUT2D eigenvalue weighted by Gasteiger charge is 2.04. The third kappa shape index (κ3) is 1.87. The van der Waals surface area contributed by atoms with Crippen molar-refractivity contribution < 1.29 is 14.6 Å². The van der Waals surface area contributed by atoms with Gasteiger partial charge >= 0.3 is 0 Å². The van der Waals surface area contributed by atoms with Crippen LogP contribution in [0, 0.1) is 0 Å². The Morgan fingerprint density at radius 3 is 2.60 bits per heavy atom. The second kappa shape index (κ2) is 4.19. The molecule has 0 unspecified atom stereocenters. The molecule has 0 saturated heterocycles. The van der Waals surface area contributed by atoms with Crippen LogP contribution in [-0.4, -0.2) is 19.0 Å². The highest BCUT2D eigenvalue weighted by Crippen LogP contribution is 2.31. The van der Waals surface area contributed by atoms with Gasteiger partial charge < -0.3 is 14.6 Å². The molecule has 0 aliphatic carbocycles. The van der Waals surface area contributed by atoms with Gasteiger partial charge in [-0.2, -0.15) is 0 Å². The molecule has 2 aromatic carbocycles. The highest BCUT2D eigenvalue weighted by atomic mass is 16.7. The number of phenols is 1. The van der Waals surface area contributed by atoms with Crippen LogP contribution in [-0.2, 0) is 4.74 Å². The van der Waals surface area contributed by atoms with E-state index in [9.17, 15) is 5.11 Å². The van der Waals surface area contributed by atoms with Gasteiger partial charge in [-0.15, -0.1) is 0 Å². The van der Waals surface area contributed by atoms with E-state index in [0.29, 0.717) is 5.75 Å². The first kappa shape index (κ1) is 9.80. The van der Waals surface area contributed by atoms with E-state index >= 15 is 0 Å². The standard InChI is InChI=1S/C12H12O3/c1-14-8-15-12-7-3-4-9-10(12)5-2-6-11(9)13/h2-7,13H,8H2,1H3. The molecule has 0 spiro atoms. The molecule has 0 aromatic heterocycles. The SMILES string of the molecule is COCOc1cccc2c(O)cccc12. The van der Waals surface area contributed by atoms with Crippen molar-refractivity contribution >= 4 is 10.8 Å². The van der Waals surface area contributed by atoms with E-state index in [1.807, 2.05) is 24.3 Å². The monoisotopic (exact) mass is 204 g/mol. The van der Waals surface area contributed by atoms with Crippen LogP contribution in [0.3, 0.4) is 0 Å². The Labute approximate surface area is 87.9 Å². The number of hydrogen-bond donors (Lipinski definition) is 1. The molecule has 0 amide bonds. The number of benzene rings is 2. The quantitative estimate of drug-likeness (QED) is 0.781. The zero-order chi connectivity index (χ0) is 10.7. The van der Waals surface area contributed by atoms with Gasteiger partial charge in [-0.3, -0.25) is 0 Å². The molecule has 0 aliphatic heterocycles. The highest BCUT2D eigenvalue weighted by molar-refractivity contribution is 5.92. The summed E-state index contributed by atoms with van der Waals surface area (Å²) in [5, 5.41) is 11.3. The molecule has 0 radical (unpaired) electrons. The number of fused-ring (bicyclic) bond motifs is 1. The van der Waals surface area contributed by atoms with Gasteiger partial charge in [-0.25, -0.2) is 0 Å². The van der Waals surface area contributed by atoms with Gasteiger partial charge in [0.05, 0.1) is 0 Å².